The van der Waals surface area contributed by atoms with Gasteiger partial charge in [0.15, 0.2) is 0 Å². The third-order valence-electron chi connectivity index (χ3n) is 5.79. The number of hydrogen-bond acceptors (Lipinski definition) is 1. The van der Waals surface area contributed by atoms with Gasteiger partial charge in [0.25, 0.3) is 0 Å². The van der Waals surface area contributed by atoms with Gasteiger partial charge in [-0.05, 0) is 24.0 Å². The van der Waals surface area contributed by atoms with Crippen LogP contribution in [0.25, 0.3) is 0 Å². The molecule has 0 amide bonds. The van der Waals surface area contributed by atoms with Gasteiger partial charge >= 0.3 is 0 Å². The summed E-state index contributed by atoms with van der Waals surface area (Å²) in [4.78, 5) is 0. The van der Waals surface area contributed by atoms with E-state index in [2.05, 4.69) is 98.5 Å². The van der Waals surface area contributed by atoms with Gasteiger partial charge in [-0.3, -0.25) is 0 Å². The fourth-order valence-electron chi connectivity index (χ4n) is 3.87. The van der Waals surface area contributed by atoms with E-state index >= 15 is 0 Å². The van der Waals surface area contributed by atoms with Crippen LogP contribution in [0.15, 0.2) is 103 Å². The molecule has 0 unspecified atom stereocenters. The first-order valence-electron chi connectivity index (χ1n) is 10.0. The number of benzene rings is 3. The molecule has 0 saturated heterocycles. The van der Waals surface area contributed by atoms with Gasteiger partial charge in [-0.2, -0.15) is 0 Å². The van der Waals surface area contributed by atoms with Crippen molar-refractivity contribution >= 4 is 13.3 Å². The molecule has 3 rings (SSSR count). The van der Waals surface area contributed by atoms with Crippen LogP contribution < -0.4 is 5.19 Å². The zero-order valence-electron chi connectivity index (χ0n) is 16.9. The minimum atomic E-state index is -1.95. The van der Waals surface area contributed by atoms with E-state index in [1.165, 1.54) is 15.9 Å². The first kappa shape index (κ1) is 20.3. The molecule has 0 aliphatic heterocycles. The Hall–Kier alpha value is -2.42. The van der Waals surface area contributed by atoms with E-state index in [-0.39, 0.29) is 5.92 Å². The SMILES string of the molecule is C=C([C@@H](c1ccccc1)[C@H](O)CCc1ccccc1)[Si](C)(C)c1ccccc1. The first-order valence-corrected chi connectivity index (χ1v) is 13.0. The highest BCUT2D eigenvalue weighted by Gasteiger charge is 2.35. The Morgan fingerprint density at radius 2 is 1.32 bits per heavy atom. The molecule has 0 aromatic heterocycles. The quantitative estimate of drug-likeness (QED) is 0.509. The van der Waals surface area contributed by atoms with E-state index in [1.54, 1.807) is 0 Å². The zero-order valence-corrected chi connectivity index (χ0v) is 17.9. The van der Waals surface area contributed by atoms with Crippen LogP contribution in [-0.4, -0.2) is 19.3 Å². The van der Waals surface area contributed by atoms with E-state index in [4.69, 9.17) is 0 Å². The molecule has 3 aromatic carbocycles. The van der Waals surface area contributed by atoms with Gasteiger partial charge in [0.05, 0.1) is 6.10 Å². The lowest BCUT2D eigenvalue weighted by atomic mass is 9.89. The van der Waals surface area contributed by atoms with Crippen LogP contribution in [0.4, 0.5) is 0 Å². The van der Waals surface area contributed by atoms with E-state index < -0.39 is 14.2 Å². The lowest BCUT2D eigenvalue weighted by molar-refractivity contribution is 0.147. The van der Waals surface area contributed by atoms with Crippen LogP contribution in [0.3, 0.4) is 0 Å². The molecular weight excluding hydrogens is 356 g/mol. The molecule has 2 atom stereocenters. The standard InChI is InChI=1S/C26H30OSi/c1-21(28(2,3)24-17-11-6-12-18-24)26(23-15-9-5-10-16-23)25(27)20-19-22-13-7-4-8-14-22/h4-18,25-27H,1,19-20H2,2-3H3/t25-,26+/m1/s1. The number of aliphatic hydroxyl groups excluding tert-OH is 1. The molecular formula is C26H30OSi. The maximum atomic E-state index is 11.3. The molecule has 0 aliphatic rings. The summed E-state index contributed by atoms with van der Waals surface area (Å²) in [6.07, 6.45) is 1.14. The number of aryl methyl sites for hydroxylation is 1. The van der Waals surface area contributed by atoms with Crippen LogP contribution >= 0.6 is 0 Å². The molecule has 0 saturated carbocycles. The minimum Gasteiger partial charge on any atom is -0.392 e. The Balaban J connectivity index is 1.87. The molecule has 1 nitrogen and oxygen atoms in total. The van der Waals surface area contributed by atoms with Crippen molar-refractivity contribution in [1.82, 2.24) is 0 Å². The van der Waals surface area contributed by atoms with Crippen LogP contribution in [-0.2, 0) is 6.42 Å². The Morgan fingerprint density at radius 3 is 1.89 bits per heavy atom. The number of rotatable bonds is 8. The molecule has 28 heavy (non-hydrogen) atoms. The van der Waals surface area contributed by atoms with Crippen molar-refractivity contribution in [2.75, 3.05) is 0 Å². The maximum Gasteiger partial charge on any atom is 0.107 e. The normalized spacial score (nSPS) is 13.7. The summed E-state index contributed by atoms with van der Waals surface area (Å²) >= 11 is 0. The second kappa shape index (κ2) is 9.18. The minimum absolute atomic E-state index is 0.0493. The van der Waals surface area contributed by atoms with E-state index in [1.807, 2.05) is 12.1 Å². The average molecular weight is 387 g/mol. The van der Waals surface area contributed by atoms with Gasteiger partial charge in [0, 0.05) is 5.92 Å². The monoisotopic (exact) mass is 386 g/mol. The van der Waals surface area contributed by atoms with Gasteiger partial charge < -0.3 is 5.11 Å². The summed E-state index contributed by atoms with van der Waals surface area (Å²) in [5.41, 5.74) is 2.42. The molecule has 0 radical (unpaired) electrons. The summed E-state index contributed by atoms with van der Waals surface area (Å²) in [5.74, 6) is -0.0493. The Morgan fingerprint density at radius 1 is 0.821 bits per heavy atom. The molecule has 2 heteroatoms. The van der Waals surface area contributed by atoms with Crippen molar-refractivity contribution in [2.45, 2.75) is 38.0 Å². The third kappa shape index (κ3) is 4.70. The first-order chi connectivity index (χ1) is 13.5. The van der Waals surface area contributed by atoms with Gasteiger partial charge in [-0.25, -0.2) is 0 Å². The molecule has 0 heterocycles. The molecule has 0 fully saturated rings. The highest BCUT2D eigenvalue weighted by Crippen LogP contribution is 2.34. The maximum absolute atomic E-state index is 11.3. The highest BCUT2D eigenvalue weighted by molar-refractivity contribution is 6.95. The van der Waals surface area contributed by atoms with Crippen molar-refractivity contribution < 1.29 is 5.11 Å². The Labute approximate surface area is 170 Å². The lowest BCUT2D eigenvalue weighted by Crippen LogP contribution is -2.46. The van der Waals surface area contributed by atoms with Crippen molar-refractivity contribution in [3.8, 4) is 0 Å². The third-order valence-corrected chi connectivity index (χ3v) is 9.48. The number of hydrogen-bond donors (Lipinski definition) is 1. The number of aliphatic hydroxyl groups is 1. The Bertz CT molecular complexity index is 872. The smallest absolute Gasteiger partial charge is 0.107 e. The second-order valence-electron chi connectivity index (χ2n) is 8.00. The molecule has 3 aromatic rings. The molecule has 0 spiro atoms. The van der Waals surface area contributed by atoms with E-state index in [0.29, 0.717) is 0 Å². The van der Waals surface area contributed by atoms with Gasteiger partial charge in [-0.15, -0.1) is 6.58 Å². The van der Waals surface area contributed by atoms with Crippen LogP contribution in [0.2, 0.25) is 13.1 Å². The summed E-state index contributed by atoms with van der Waals surface area (Å²) in [6.45, 7) is 9.23. The summed E-state index contributed by atoms with van der Waals surface area (Å²) in [7, 11) is -1.95. The topological polar surface area (TPSA) is 20.2 Å². The fraction of sp³-hybridized carbons (Fsp3) is 0.231. The highest BCUT2D eigenvalue weighted by atomic mass is 28.3. The molecule has 144 valence electrons. The molecule has 1 N–H and O–H groups in total. The Kier molecular flexibility index (Phi) is 6.66. The summed E-state index contributed by atoms with van der Waals surface area (Å²) in [6, 6.07) is 31.4. The van der Waals surface area contributed by atoms with Crippen molar-refractivity contribution in [3.63, 3.8) is 0 Å². The van der Waals surface area contributed by atoms with Crippen LogP contribution in [0, 0.1) is 0 Å². The van der Waals surface area contributed by atoms with Gasteiger partial charge in [0.1, 0.15) is 8.07 Å². The molecule has 0 aliphatic carbocycles. The van der Waals surface area contributed by atoms with Crippen molar-refractivity contribution in [3.05, 3.63) is 114 Å². The predicted molar refractivity (Wildman–Crippen MR) is 123 cm³/mol. The van der Waals surface area contributed by atoms with E-state index in [0.717, 1.165) is 18.4 Å². The van der Waals surface area contributed by atoms with Crippen molar-refractivity contribution in [1.29, 1.82) is 0 Å². The van der Waals surface area contributed by atoms with Gasteiger partial charge in [0.2, 0.25) is 0 Å². The van der Waals surface area contributed by atoms with Crippen molar-refractivity contribution in [2.24, 2.45) is 0 Å². The summed E-state index contributed by atoms with van der Waals surface area (Å²) < 4.78 is 0. The lowest BCUT2D eigenvalue weighted by Gasteiger charge is -2.35. The summed E-state index contributed by atoms with van der Waals surface area (Å²) in [5, 5.41) is 13.8. The predicted octanol–water partition coefficient (Wildman–Crippen LogP) is 5.47. The largest absolute Gasteiger partial charge is 0.392 e. The van der Waals surface area contributed by atoms with Crippen LogP contribution in [0.5, 0.6) is 0 Å². The molecule has 0 bridgehead atoms. The average Bonchev–Trinajstić information content (AvgIpc) is 2.74. The van der Waals surface area contributed by atoms with Gasteiger partial charge in [-0.1, -0.05) is 114 Å². The zero-order chi connectivity index (χ0) is 20.0. The van der Waals surface area contributed by atoms with Crippen LogP contribution in [0.1, 0.15) is 23.5 Å². The van der Waals surface area contributed by atoms with E-state index in [9.17, 15) is 5.11 Å². The fourth-order valence-corrected chi connectivity index (χ4v) is 6.40. The second-order valence-corrected chi connectivity index (χ2v) is 12.5.